The van der Waals surface area contributed by atoms with Gasteiger partial charge in [0, 0.05) is 41.2 Å². The van der Waals surface area contributed by atoms with Crippen molar-refractivity contribution in [1.82, 2.24) is 9.97 Å². The lowest BCUT2D eigenvalue weighted by Gasteiger charge is -2.10. The predicted molar refractivity (Wildman–Crippen MR) is 118 cm³/mol. The number of ether oxygens (including phenoxy) is 1. The minimum absolute atomic E-state index is 0.0283. The quantitative estimate of drug-likeness (QED) is 0.363. The second-order valence-corrected chi connectivity index (χ2v) is 8.61. The monoisotopic (exact) mass is 438 g/mol. The van der Waals surface area contributed by atoms with Crippen LogP contribution in [0, 0.1) is 0 Å². The fraction of sp³-hybridized carbons (Fsp3) is 0.217. The standard InChI is InChI=1S/C23H19ClN2O3S/c1-14(27)21-6-7-22(30-21)16-8-17-9-19(29-23(17)20(24)10-16)5-4-18(28)3-2-15-11-25-13-26-12-15/h2-3,6-8,10-13,19H,4-5,9H2,1H3/b3-2+. The fourth-order valence-electron chi connectivity index (χ4n) is 3.35. The molecule has 3 aromatic rings. The van der Waals surface area contributed by atoms with Crippen molar-refractivity contribution in [3.8, 4) is 16.2 Å². The van der Waals surface area contributed by atoms with Crippen molar-refractivity contribution in [3.63, 3.8) is 0 Å². The first-order chi connectivity index (χ1) is 14.5. The Labute approximate surface area is 183 Å². The summed E-state index contributed by atoms with van der Waals surface area (Å²) >= 11 is 7.92. The first-order valence-corrected chi connectivity index (χ1v) is 10.7. The number of benzene rings is 1. The summed E-state index contributed by atoms with van der Waals surface area (Å²) < 4.78 is 6.01. The molecule has 0 bridgehead atoms. The molecule has 7 heteroatoms. The molecule has 1 aromatic carbocycles. The van der Waals surface area contributed by atoms with Crippen LogP contribution in [0.4, 0.5) is 0 Å². The van der Waals surface area contributed by atoms with E-state index in [0.717, 1.165) is 26.4 Å². The van der Waals surface area contributed by atoms with Crippen molar-refractivity contribution in [2.75, 3.05) is 0 Å². The van der Waals surface area contributed by atoms with Crippen molar-refractivity contribution in [1.29, 1.82) is 0 Å². The summed E-state index contributed by atoms with van der Waals surface area (Å²) in [7, 11) is 0. The molecule has 0 spiro atoms. The van der Waals surface area contributed by atoms with E-state index >= 15 is 0 Å². The maximum absolute atomic E-state index is 12.2. The van der Waals surface area contributed by atoms with Crippen molar-refractivity contribution >= 4 is 40.6 Å². The van der Waals surface area contributed by atoms with Crippen LogP contribution in [0.3, 0.4) is 0 Å². The molecule has 0 radical (unpaired) electrons. The van der Waals surface area contributed by atoms with E-state index in [1.54, 1.807) is 31.5 Å². The zero-order valence-electron chi connectivity index (χ0n) is 16.3. The Balaban J connectivity index is 1.39. The Morgan fingerprint density at radius 2 is 2.07 bits per heavy atom. The first kappa shape index (κ1) is 20.4. The van der Waals surface area contributed by atoms with E-state index in [1.807, 2.05) is 18.2 Å². The first-order valence-electron chi connectivity index (χ1n) is 9.56. The highest BCUT2D eigenvalue weighted by Crippen LogP contribution is 2.41. The van der Waals surface area contributed by atoms with E-state index in [9.17, 15) is 9.59 Å². The largest absolute Gasteiger partial charge is 0.488 e. The smallest absolute Gasteiger partial charge is 0.169 e. The fourth-order valence-corrected chi connectivity index (χ4v) is 4.52. The molecule has 0 saturated carbocycles. The molecular weight excluding hydrogens is 420 g/mol. The minimum Gasteiger partial charge on any atom is -0.488 e. The lowest BCUT2D eigenvalue weighted by molar-refractivity contribution is -0.114. The second-order valence-electron chi connectivity index (χ2n) is 7.12. The number of carbonyl (C=O) groups is 2. The van der Waals surface area contributed by atoms with Gasteiger partial charge < -0.3 is 4.74 Å². The van der Waals surface area contributed by atoms with Gasteiger partial charge in [-0.2, -0.15) is 0 Å². The highest BCUT2D eigenvalue weighted by molar-refractivity contribution is 7.17. The van der Waals surface area contributed by atoms with Gasteiger partial charge in [-0.15, -0.1) is 11.3 Å². The predicted octanol–water partition coefficient (Wildman–Crippen LogP) is 5.43. The summed E-state index contributed by atoms with van der Waals surface area (Å²) in [5, 5.41) is 0.554. The number of thiophene rings is 1. The van der Waals surface area contributed by atoms with Gasteiger partial charge in [0.1, 0.15) is 18.2 Å². The maximum atomic E-state index is 12.2. The molecule has 0 N–H and O–H groups in total. The van der Waals surface area contributed by atoms with Crippen molar-refractivity contribution < 1.29 is 14.3 Å². The van der Waals surface area contributed by atoms with Crippen LogP contribution in [0.15, 0.2) is 49.1 Å². The molecule has 0 saturated heterocycles. The van der Waals surface area contributed by atoms with E-state index < -0.39 is 0 Å². The molecule has 152 valence electrons. The molecule has 4 rings (SSSR count). The second kappa shape index (κ2) is 8.90. The van der Waals surface area contributed by atoms with Crippen LogP contribution >= 0.6 is 22.9 Å². The van der Waals surface area contributed by atoms with E-state index in [2.05, 4.69) is 16.0 Å². The van der Waals surface area contributed by atoms with Gasteiger partial charge >= 0.3 is 0 Å². The third kappa shape index (κ3) is 4.66. The molecule has 1 aliphatic rings. The van der Waals surface area contributed by atoms with Crippen molar-refractivity contribution in [2.24, 2.45) is 0 Å². The number of halogens is 1. The molecule has 1 unspecified atom stereocenters. The van der Waals surface area contributed by atoms with Crippen LogP contribution in [-0.2, 0) is 11.2 Å². The Morgan fingerprint density at radius 3 is 2.80 bits per heavy atom. The molecule has 1 aliphatic heterocycles. The summed E-state index contributed by atoms with van der Waals surface area (Å²) in [5.41, 5.74) is 2.80. The Bertz CT molecular complexity index is 1120. The SMILES string of the molecule is CC(=O)c1ccc(-c2cc(Cl)c3c(c2)CC(CCC(=O)/C=C/c2cncnc2)O3)s1. The molecule has 5 nitrogen and oxygen atoms in total. The molecule has 30 heavy (non-hydrogen) atoms. The van der Waals surface area contributed by atoms with Gasteiger partial charge in [0.05, 0.1) is 9.90 Å². The van der Waals surface area contributed by atoms with Gasteiger partial charge in [0.15, 0.2) is 11.6 Å². The third-order valence-electron chi connectivity index (χ3n) is 4.85. The maximum Gasteiger partial charge on any atom is 0.169 e. The summed E-state index contributed by atoms with van der Waals surface area (Å²) in [6, 6.07) is 7.71. The van der Waals surface area contributed by atoms with Crippen LogP contribution in [0.2, 0.25) is 5.02 Å². The summed E-state index contributed by atoms with van der Waals surface area (Å²) in [6.45, 7) is 1.56. The molecule has 0 fully saturated rings. The lowest BCUT2D eigenvalue weighted by Crippen LogP contribution is -2.14. The van der Waals surface area contributed by atoms with E-state index in [-0.39, 0.29) is 17.7 Å². The number of aromatic nitrogens is 2. The zero-order chi connectivity index (χ0) is 21.1. The topological polar surface area (TPSA) is 69.2 Å². The number of rotatable bonds is 7. The minimum atomic E-state index is -0.0822. The molecular formula is C23H19ClN2O3S. The molecule has 0 amide bonds. The van der Waals surface area contributed by atoms with Crippen LogP contribution in [0.5, 0.6) is 5.75 Å². The highest BCUT2D eigenvalue weighted by atomic mass is 35.5. The van der Waals surface area contributed by atoms with Crippen LogP contribution in [-0.4, -0.2) is 27.6 Å². The lowest BCUT2D eigenvalue weighted by atomic mass is 10.0. The third-order valence-corrected chi connectivity index (χ3v) is 6.36. The molecule has 3 heterocycles. The highest BCUT2D eigenvalue weighted by Gasteiger charge is 2.26. The number of Topliss-reactive ketones (excluding diaryl/α,β-unsaturated/α-hetero) is 1. The Hall–Kier alpha value is -2.83. The number of hydrogen-bond acceptors (Lipinski definition) is 6. The zero-order valence-corrected chi connectivity index (χ0v) is 17.9. The number of carbonyl (C=O) groups excluding carboxylic acids is 2. The van der Waals surface area contributed by atoms with Gasteiger partial charge in [-0.3, -0.25) is 9.59 Å². The van der Waals surface area contributed by atoms with Gasteiger partial charge in [-0.1, -0.05) is 11.6 Å². The van der Waals surface area contributed by atoms with Gasteiger partial charge in [0.2, 0.25) is 0 Å². The normalized spacial score (nSPS) is 15.2. The van der Waals surface area contributed by atoms with E-state index in [4.69, 9.17) is 16.3 Å². The molecule has 0 aliphatic carbocycles. The molecule has 1 atom stereocenters. The van der Waals surface area contributed by atoms with Crippen LogP contribution in [0.1, 0.15) is 40.6 Å². The van der Waals surface area contributed by atoms with Crippen molar-refractivity contribution in [2.45, 2.75) is 32.3 Å². The van der Waals surface area contributed by atoms with Gasteiger partial charge in [0.25, 0.3) is 0 Å². The Morgan fingerprint density at radius 1 is 1.27 bits per heavy atom. The number of ketones is 2. The van der Waals surface area contributed by atoms with E-state index in [0.29, 0.717) is 30.0 Å². The van der Waals surface area contributed by atoms with Crippen LogP contribution < -0.4 is 4.74 Å². The molecule has 2 aromatic heterocycles. The van der Waals surface area contributed by atoms with Gasteiger partial charge in [-0.25, -0.2) is 9.97 Å². The summed E-state index contributed by atoms with van der Waals surface area (Å²) in [4.78, 5) is 33.3. The van der Waals surface area contributed by atoms with Crippen molar-refractivity contribution in [3.05, 3.63) is 70.1 Å². The number of allylic oxidation sites excluding steroid dienone is 1. The van der Waals surface area contributed by atoms with E-state index in [1.165, 1.54) is 17.7 Å². The van der Waals surface area contributed by atoms with Gasteiger partial charge in [-0.05, 0) is 55.3 Å². The Kier molecular flexibility index (Phi) is 6.06. The van der Waals surface area contributed by atoms with Crippen LogP contribution in [0.25, 0.3) is 16.5 Å². The number of nitrogens with zero attached hydrogens (tertiary/aromatic N) is 2. The summed E-state index contributed by atoms with van der Waals surface area (Å²) in [6.07, 6.45) is 9.65. The summed E-state index contributed by atoms with van der Waals surface area (Å²) in [5.74, 6) is 0.777. The average Bonchev–Trinajstić information content (AvgIpc) is 3.39. The number of fused-ring (bicyclic) bond motifs is 1. The number of hydrogen-bond donors (Lipinski definition) is 0. The average molecular weight is 439 g/mol.